The molecular formula is C10H19. The molecule has 1 radical (unpaired) electrons. The molecule has 0 bridgehead atoms. The van der Waals surface area contributed by atoms with Gasteiger partial charge in [0.25, 0.3) is 0 Å². The van der Waals surface area contributed by atoms with Crippen molar-refractivity contribution in [1.82, 2.24) is 0 Å². The second-order valence-corrected chi connectivity index (χ2v) is 2.77. The van der Waals surface area contributed by atoms with Crippen LogP contribution in [0, 0.1) is 12.8 Å². The summed E-state index contributed by atoms with van der Waals surface area (Å²) in [6, 6.07) is 0. The molecule has 0 heterocycles. The molecule has 1 atom stereocenters. The zero-order valence-electron chi connectivity index (χ0n) is 7.27. The van der Waals surface area contributed by atoms with E-state index in [9.17, 15) is 0 Å². The Kier molecular flexibility index (Phi) is 6.68. The SMILES string of the molecule is [CH2]C(/C=C/CCC)CCC. The summed E-state index contributed by atoms with van der Waals surface area (Å²) in [7, 11) is 0. The van der Waals surface area contributed by atoms with E-state index in [4.69, 9.17) is 0 Å². The Morgan fingerprint density at radius 1 is 1.30 bits per heavy atom. The highest BCUT2D eigenvalue weighted by molar-refractivity contribution is 4.89. The van der Waals surface area contributed by atoms with Gasteiger partial charge in [-0.1, -0.05) is 38.8 Å². The van der Waals surface area contributed by atoms with Crippen LogP contribution in [0.2, 0.25) is 0 Å². The van der Waals surface area contributed by atoms with E-state index in [0.29, 0.717) is 5.92 Å². The first-order valence-corrected chi connectivity index (χ1v) is 4.31. The summed E-state index contributed by atoms with van der Waals surface area (Å²) >= 11 is 0. The molecule has 0 aromatic rings. The van der Waals surface area contributed by atoms with Crippen molar-refractivity contribution >= 4 is 0 Å². The highest BCUT2D eigenvalue weighted by Crippen LogP contribution is 2.06. The summed E-state index contributed by atoms with van der Waals surface area (Å²) in [5.41, 5.74) is 0. The van der Waals surface area contributed by atoms with Gasteiger partial charge in [0.1, 0.15) is 0 Å². The first-order valence-electron chi connectivity index (χ1n) is 4.31. The molecule has 0 aliphatic heterocycles. The third kappa shape index (κ3) is 5.87. The fourth-order valence-electron chi connectivity index (χ4n) is 0.922. The predicted octanol–water partition coefficient (Wildman–Crippen LogP) is 3.59. The topological polar surface area (TPSA) is 0 Å². The predicted molar refractivity (Wildman–Crippen MR) is 47.8 cm³/mol. The van der Waals surface area contributed by atoms with Crippen LogP contribution in [0.15, 0.2) is 12.2 Å². The zero-order valence-corrected chi connectivity index (χ0v) is 7.27. The molecular weight excluding hydrogens is 120 g/mol. The maximum absolute atomic E-state index is 4.01. The second kappa shape index (κ2) is 6.85. The summed E-state index contributed by atoms with van der Waals surface area (Å²) in [4.78, 5) is 0. The van der Waals surface area contributed by atoms with Crippen molar-refractivity contribution < 1.29 is 0 Å². The van der Waals surface area contributed by atoms with Gasteiger partial charge in [0.05, 0.1) is 0 Å². The summed E-state index contributed by atoms with van der Waals surface area (Å²) < 4.78 is 0. The van der Waals surface area contributed by atoms with Crippen LogP contribution in [0.4, 0.5) is 0 Å². The Balaban J connectivity index is 3.26. The fourth-order valence-corrected chi connectivity index (χ4v) is 0.922. The standard InChI is InChI=1S/C10H19/c1-4-6-7-9-10(3)8-5-2/h7,9-10H,3-6,8H2,1-2H3/b9-7+. The first kappa shape index (κ1) is 9.74. The summed E-state index contributed by atoms with van der Waals surface area (Å²) in [6.07, 6.45) is 9.39. The highest BCUT2D eigenvalue weighted by Gasteiger charge is 1.91. The molecule has 0 spiro atoms. The minimum atomic E-state index is 0.538. The van der Waals surface area contributed by atoms with E-state index in [1.54, 1.807) is 0 Å². The van der Waals surface area contributed by atoms with Gasteiger partial charge in [-0.25, -0.2) is 0 Å². The number of rotatable bonds is 5. The van der Waals surface area contributed by atoms with Gasteiger partial charge in [0.2, 0.25) is 0 Å². The van der Waals surface area contributed by atoms with E-state index >= 15 is 0 Å². The number of allylic oxidation sites excluding steroid dienone is 2. The Morgan fingerprint density at radius 3 is 2.50 bits per heavy atom. The molecule has 0 saturated heterocycles. The lowest BCUT2D eigenvalue weighted by Crippen LogP contribution is -1.87. The Morgan fingerprint density at radius 2 is 2.00 bits per heavy atom. The summed E-state index contributed by atoms with van der Waals surface area (Å²) in [5.74, 6) is 0.538. The molecule has 0 nitrogen and oxygen atoms in total. The van der Waals surface area contributed by atoms with E-state index < -0.39 is 0 Å². The summed E-state index contributed by atoms with van der Waals surface area (Å²) in [6.45, 7) is 8.41. The van der Waals surface area contributed by atoms with E-state index in [1.807, 2.05) is 0 Å². The van der Waals surface area contributed by atoms with Crippen molar-refractivity contribution in [3.8, 4) is 0 Å². The normalized spacial score (nSPS) is 14.3. The van der Waals surface area contributed by atoms with E-state index in [0.717, 1.165) is 0 Å². The smallest absolute Gasteiger partial charge is 0.0233 e. The monoisotopic (exact) mass is 139 g/mol. The minimum Gasteiger partial charge on any atom is -0.0883 e. The van der Waals surface area contributed by atoms with Gasteiger partial charge >= 0.3 is 0 Å². The van der Waals surface area contributed by atoms with Crippen LogP contribution in [-0.4, -0.2) is 0 Å². The minimum absolute atomic E-state index is 0.538. The molecule has 0 aromatic carbocycles. The molecule has 59 valence electrons. The van der Waals surface area contributed by atoms with Gasteiger partial charge in [-0.15, -0.1) is 0 Å². The van der Waals surface area contributed by atoms with Crippen molar-refractivity contribution in [3.63, 3.8) is 0 Å². The van der Waals surface area contributed by atoms with E-state index in [-0.39, 0.29) is 0 Å². The van der Waals surface area contributed by atoms with Gasteiger partial charge in [0.15, 0.2) is 0 Å². The van der Waals surface area contributed by atoms with Crippen molar-refractivity contribution in [2.75, 3.05) is 0 Å². The summed E-state index contributed by atoms with van der Waals surface area (Å²) in [5, 5.41) is 0. The third-order valence-electron chi connectivity index (χ3n) is 1.52. The Labute approximate surface area is 65.3 Å². The molecule has 0 heteroatoms. The number of hydrogen-bond donors (Lipinski definition) is 0. The lowest BCUT2D eigenvalue weighted by atomic mass is 10.1. The van der Waals surface area contributed by atoms with Crippen molar-refractivity contribution in [3.05, 3.63) is 19.1 Å². The van der Waals surface area contributed by atoms with Gasteiger partial charge < -0.3 is 0 Å². The molecule has 0 rings (SSSR count). The molecule has 0 aliphatic rings. The highest BCUT2D eigenvalue weighted by atomic mass is 14.0. The molecule has 0 fully saturated rings. The molecule has 0 N–H and O–H groups in total. The fraction of sp³-hybridized carbons (Fsp3) is 0.700. The Bertz CT molecular complexity index is 82.0. The lowest BCUT2D eigenvalue weighted by Gasteiger charge is -2.00. The molecule has 10 heavy (non-hydrogen) atoms. The van der Waals surface area contributed by atoms with Crippen LogP contribution in [0.25, 0.3) is 0 Å². The van der Waals surface area contributed by atoms with Crippen LogP contribution in [0.1, 0.15) is 39.5 Å². The quantitative estimate of drug-likeness (QED) is 0.510. The third-order valence-corrected chi connectivity index (χ3v) is 1.52. The number of hydrogen-bond acceptors (Lipinski definition) is 0. The van der Waals surface area contributed by atoms with Crippen LogP contribution in [0.3, 0.4) is 0 Å². The van der Waals surface area contributed by atoms with Crippen LogP contribution >= 0.6 is 0 Å². The molecule has 1 unspecified atom stereocenters. The average Bonchev–Trinajstić information content (AvgIpc) is 1.89. The van der Waals surface area contributed by atoms with Gasteiger partial charge in [-0.2, -0.15) is 0 Å². The van der Waals surface area contributed by atoms with Crippen molar-refractivity contribution in [2.24, 2.45) is 5.92 Å². The average molecular weight is 139 g/mol. The van der Waals surface area contributed by atoms with E-state index in [1.165, 1.54) is 25.7 Å². The van der Waals surface area contributed by atoms with Gasteiger partial charge in [-0.3, -0.25) is 0 Å². The maximum Gasteiger partial charge on any atom is -0.0233 e. The Hall–Kier alpha value is -0.260. The molecule has 0 aliphatic carbocycles. The maximum atomic E-state index is 4.01. The number of unbranched alkanes of at least 4 members (excludes halogenated alkanes) is 1. The largest absolute Gasteiger partial charge is 0.0883 e. The second-order valence-electron chi connectivity index (χ2n) is 2.77. The molecule has 0 aromatic heterocycles. The van der Waals surface area contributed by atoms with E-state index in [2.05, 4.69) is 32.9 Å². The van der Waals surface area contributed by atoms with Gasteiger partial charge in [0, 0.05) is 0 Å². The lowest BCUT2D eigenvalue weighted by molar-refractivity contribution is 0.684. The first-order chi connectivity index (χ1) is 4.81. The molecule has 0 amide bonds. The van der Waals surface area contributed by atoms with Gasteiger partial charge in [-0.05, 0) is 25.7 Å². The molecule has 0 saturated carbocycles. The van der Waals surface area contributed by atoms with Crippen molar-refractivity contribution in [2.45, 2.75) is 39.5 Å². The zero-order chi connectivity index (χ0) is 7.82. The van der Waals surface area contributed by atoms with Crippen molar-refractivity contribution in [1.29, 1.82) is 0 Å². The van der Waals surface area contributed by atoms with Crippen LogP contribution in [0.5, 0.6) is 0 Å². The van der Waals surface area contributed by atoms with Crippen LogP contribution < -0.4 is 0 Å². The van der Waals surface area contributed by atoms with Crippen LogP contribution in [-0.2, 0) is 0 Å².